The third-order valence-electron chi connectivity index (χ3n) is 8.46. The molecule has 3 rings (SSSR count). The van der Waals surface area contributed by atoms with Crippen molar-refractivity contribution in [3.63, 3.8) is 0 Å². The smallest absolute Gasteiger partial charge is 0.309 e. The van der Waals surface area contributed by atoms with Gasteiger partial charge in [0.25, 0.3) is 11.5 Å². The second-order valence-electron chi connectivity index (χ2n) is 11.4. The number of hydrogen-bond donors (Lipinski definition) is 0. The minimum absolute atomic E-state index is 0.0825. The summed E-state index contributed by atoms with van der Waals surface area (Å²) in [6.45, 7) is 10.1. The van der Waals surface area contributed by atoms with E-state index in [0.29, 0.717) is 71.8 Å². The van der Waals surface area contributed by atoms with Crippen LogP contribution in [0, 0.1) is 24.2 Å². The monoisotopic (exact) mass is 628 g/mol. The van der Waals surface area contributed by atoms with Crippen LogP contribution in [-0.2, 0) is 20.9 Å². The number of pyridine rings is 1. The van der Waals surface area contributed by atoms with Crippen molar-refractivity contribution >= 4 is 52.1 Å². The largest absolute Gasteiger partial charge is 0.466 e. The van der Waals surface area contributed by atoms with E-state index in [2.05, 4.69) is 17.9 Å². The SMILES string of the molecule is CCCCCCCCCCCCN1C(=O)/C(=C\c2c(C)c(C#N)c(=O)n(CC)c2N2CCC(C(=O)OCC)CC2)SC1=S. The molecule has 0 radical (unpaired) electrons. The molecule has 3 heterocycles. The van der Waals surface area contributed by atoms with Crippen molar-refractivity contribution in [1.82, 2.24) is 9.47 Å². The van der Waals surface area contributed by atoms with E-state index in [1.54, 1.807) is 23.3 Å². The Morgan fingerprint density at radius 3 is 2.19 bits per heavy atom. The Labute approximate surface area is 266 Å². The van der Waals surface area contributed by atoms with Crippen molar-refractivity contribution < 1.29 is 14.3 Å². The van der Waals surface area contributed by atoms with Gasteiger partial charge in [-0.25, -0.2) is 0 Å². The van der Waals surface area contributed by atoms with E-state index in [-0.39, 0.29) is 28.9 Å². The summed E-state index contributed by atoms with van der Waals surface area (Å²) >= 11 is 6.90. The van der Waals surface area contributed by atoms with Crippen LogP contribution in [0.3, 0.4) is 0 Å². The van der Waals surface area contributed by atoms with Gasteiger partial charge in [-0.05, 0) is 51.7 Å². The fourth-order valence-corrected chi connectivity index (χ4v) is 7.24. The van der Waals surface area contributed by atoms with Crippen LogP contribution in [-0.4, -0.2) is 51.9 Å². The molecule has 0 saturated carbocycles. The number of aromatic nitrogens is 1. The van der Waals surface area contributed by atoms with Crippen LogP contribution in [0.5, 0.6) is 0 Å². The van der Waals surface area contributed by atoms with Crippen LogP contribution in [0.2, 0.25) is 0 Å². The minimum atomic E-state index is -0.337. The number of nitrogens with zero attached hydrogens (tertiary/aromatic N) is 4. The Morgan fingerprint density at radius 2 is 1.63 bits per heavy atom. The van der Waals surface area contributed by atoms with E-state index < -0.39 is 0 Å². The average Bonchev–Trinajstić information content (AvgIpc) is 3.27. The number of amides is 1. The van der Waals surface area contributed by atoms with Crippen LogP contribution in [0.25, 0.3) is 6.08 Å². The van der Waals surface area contributed by atoms with Crippen molar-refractivity contribution in [2.75, 3.05) is 31.1 Å². The maximum atomic E-state index is 13.5. The first kappa shape index (κ1) is 34.8. The zero-order chi connectivity index (χ0) is 31.4. The Morgan fingerprint density at radius 1 is 1.02 bits per heavy atom. The van der Waals surface area contributed by atoms with Crippen molar-refractivity contribution in [2.24, 2.45) is 5.92 Å². The minimum Gasteiger partial charge on any atom is -0.466 e. The number of ether oxygens (including phenoxy) is 1. The van der Waals surface area contributed by atoms with Crippen molar-refractivity contribution in [3.8, 4) is 6.07 Å². The van der Waals surface area contributed by atoms with Crippen LogP contribution >= 0.6 is 24.0 Å². The van der Waals surface area contributed by atoms with Gasteiger partial charge in [0, 0.05) is 31.7 Å². The van der Waals surface area contributed by atoms with Crippen LogP contribution in [0.1, 0.15) is 115 Å². The van der Waals surface area contributed by atoms with Gasteiger partial charge < -0.3 is 9.64 Å². The molecule has 0 bridgehead atoms. The number of carbonyl (C=O) groups excluding carboxylic acids is 2. The van der Waals surface area contributed by atoms with Crippen molar-refractivity contribution in [1.29, 1.82) is 5.26 Å². The highest BCUT2D eigenvalue weighted by atomic mass is 32.2. The molecule has 2 aliphatic heterocycles. The third-order valence-corrected chi connectivity index (χ3v) is 9.84. The second kappa shape index (κ2) is 17.6. The predicted octanol–water partition coefficient (Wildman–Crippen LogP) is 6.95. The molecule has 10 heteroatoms. The Hall–Kier alpha value is -2.64. The number of hydrogen-bond acceptors (Lipinski definition) is 8. The molecule has 0 aliphatic carbocycles. The lowest BCUT2D eigenvalue weighted by atomic mass is 9.95. The number of nitriles is 1. The van der Waals surface area contributed by atoms with Crippen LogP contribution < -0.4 is 10.5 Å². The lowest BCUT2D eigenvalue weighted by molar-refractivity contribution is -0.148. The fourth-order valence-electron chi connectivity index (χ4n) is 5.95. The predicted molar refractivity (Wildman–Crippen MR) is 179 cm³/mol. The standard InChI is InChI=1S/C33H48N4O4S2/c1-5-8-9-10-11-12-13-14-15-16-19-37-31(39)28(43-33(37)42)22-26-24(4)27(23-34)30(38)36(6-2)29(26)35-20-17-25(18-21-35)32(40)41-7-3/h22,25H,5-21H2,1-4H3/b28-22+. The molecule has 236 valence electrons. The lowest BCUT2D eigenvalue weighted by Crippen LogP contribution is -2.41. The first-order valence-corrected chi connectivity index (χ1v) is 17.4. The maximum absolute atomic E-state index is 13.5. The van der Waals surface area contributed by atoms with Gasteiger partial charge in [-0.1, -0.05) is 88.7 Å². The molecule has 0 spiro atoms. The number of rotatable bonds is 16. The molecule has 2 fully saturated rings. The summed E-state index contributed by atoms with van der Waals surface area (Å²) in [6, 6.07) is 2.09. The highest BCUT2D eigenvalue weighted by molar-refractivity contribution is 8.26. The molecular formula is C33H48N4O4S2. The van der Waals surface area contributed by atoms with E-state index in [9.17, 15) is 19.6 Å². The summed E-state index contributed by atoms with van der Waals surface area (Å²) in [7, 11) is 0. The summed E-state index contributed by atoms with van der Waals surface area (Å²) < 4.78 is 7.40. The quantitative estimate of drug-likeness (QED) is 0.0840. The van der Waals surface area contributed by atoms with Crippen LogP contribution in [0.4, 0.5) is 5.82 Å². The van der Waals surface area contributed by atoms with Crippen molar-refractivity contribution in [2.45, 2.75) is 111 Å². The fraction of sp³-hybridized carbons (Fsp3) is 0.667. The zero-order valence-electron chi connectivity index (χ0n) is 26.4. The lowest BCUT2D eigenvalue weighted by Gasteiger charge is -2.35. The molecule has 1 amide bonds. The molecule has 43 heavy (non-hydrogen) atoms. The molecule has 0 atom stereocenters. The molecule has 2 saturated heterocycles. The number of carbonyl (C=O) groups is 2. The molecule has 8 nitrogen and oxygen atoms in total. The van der Waals surface area contributed by atoms with Gasteiger partial charge in [0.2, 0.25) is 0 Å². The van der Waals surface area contributed by atoms with Crippen molar-refractivity contribution in [3.05, 3.63) is 31.9 Å². The normalized spacial score (nSPS) is 16.8. The Bertz CT molecular complexity index is 1270. The molecule has 0 aromatic carbocycles. The second-order valence-corrected chi connectivity index (χ2v) is 13.1. The average molecular weight is 629 g/mol. The number of esters is 1. The highest BCUT2D eigenvalue weighted by Crippen LogP contribution is 2.37. The number of anilines is 1. The molecule has 1 aromatic rings. The first-order chi connectivity index (χ1) is 20.8. The van der Waals surface area contributed by atoms with E-state index in [4.69, 9.17) is 17.0 Å². The van der Waals surface area contributed by atoms with Gasteiger partial charge >= 0.3 is 5.97 Å². The molecule has 0 N–H and O–H groups in total. The van der Waals surface area contributed by atoms with Gasteiger partial charge in [-0.15, -0.1) is 0 Å². The van der Waals surface area contributed by atoms with Gasteiger partial charge in [-0.2, -0.15) is 5.26 Å². The summed E-state index contributed by atoms with van der Waals surface area (Å²) in [5.74, 6) is 0.205. The third kappa shape index (κ3) is 8.95. The summed E-state index contributed by atoms with van der Waals surface area (Å²) in [4.78, 5) is 43.5. The summed E-state index contributed by atoms with van der Waals surface area (Å²) in [5, 5.41) is 9.86. The zero-order valence-corrected chi connectivity index (χ0v) is 28.0. The van der Waals surface area contributed by atoms with E-state index in [1.807, 2.05) is 13.0 Å². The summed E-state index contributed by atoms with van der Waals surface area (Å²) in [6.07, 6.45) is 15.3. The highest BCUT2D eigenvalue weighted by Gasteiger charge is 2.34. The van der Waals surface area contributed by atoms with E-state index in [1.165, 1.54) is 63.1 Å². The molecular weight excluding hydrogens is 581 g/mol. The van der Waals surface area contributed by atoms with Gasteiger partial charge in [-0.3, -0.25) is 23.9 Å². The first-order valence-electron chi connectivity index (χ1n) is 16.1. The van der Waals surface area contributed by atoms with Gasteiger partial charge in [0.15, 0.2) is 0 Å². The number of piperidine rings is 1. The Balaban J connectivity index is 1.75. The van der Waals surface area contributed by atoms with Gasteiger partial charge in [0.1, 0.15) is 21.8 Å². The molecule has 2 aliphatic rings. The summed E-state index contributed by atoms with van der Waals surface area (Å²) in [5.41, 5.74) is 0.987. The number of thioether (sulfide) groups is 1. The molecule has 0 unspecified atom stereocenters. The van der Waals surface area contributed by atoms with E-state index in [0.717, 1.165) is 12.8 Å². The number of thiocarbonyl (C=S) groups is 1. The topological polar surface area (TPSA) is 95.6 Å². The Kier molecular flexibility index (Phi) is 14.3. The van der Waals surface area contributed by atoms with Crippen LogP contribution in [0.15, 0.2) is 9.70 Å². The number of unbranched alkanes of at least 4 members (excludes halogenated alkanes) is 9. The maximum Gasteiger partial charge on any atom is 0.309 e. The van der Waals surface area contributed by atoms with Gasteiger partial charge in [0.05, 0.1) is 17.4 Å². The van der Waals surface area contributed by atoms with E-state index >= 15 is 0 Å². The molecule has 1 aromatic heterocycles.